The summed E-state index contributed by atoms with van der Waals surface area (Å²) in [4.78, 5) is 48.6. The molecule has 2 aliphatic rings. The van der Waals surface area contributed by atoms with Crippen LogP contribution in [0.1, 0.15) is 53.1 Å². The zero-order chi connectivity index (χ0) is 23.6. The van der Waals surface area contributed by atoms with Crippen molar-refractivity contribution in [1.82, 2.24) is 14.9 Å². The van der Waals surface area contributed by atoms with Gasteiger partial charge in [0.15, 0.2) is 5.69 Å². The van der Waals surface area contributed by atoms with E-state index in [0.717, 1.165) is 12.1 Å². The number of imidazole rings is 1. The van der Waals surface area contributed by atoms with Gasteiger partial charge in [-0.05, 0) is 50.3 Å². The normalized spacial score (nSPS) is 22.7. The first-order valence-corrected chi connectivity index (χ1v) is 11.4. The lowest BCUT2D eigenvalue weighted by Crippen LogP contribution is -2.47. The Hall–Kier alpha value is -2.91. The zero-order valence-corrected chi connectivity index (χ0v) is 19.3. The standard InChI is InChI=1S/C23H28ClN5O4/c1-33-12-11-28(21(31)19-18(20(25)30)26-14-27-19)16-5-7-23(8-6-16)9-10-29(22(23)32)17-4-2-3-15(24)13-17/h2-4,13-14,16H,5-12H2,1H3,(H2,25,30)(H,26,27)/t16-,23-. The molecule has 0 radical (unpaired) electrons. The molecule has 1 saturated carbocycles. The lowest BCUT2D eigenvalue weighted by Gasteiger charge is -2.40. The van der Waals surface area contributed by atoms with Gasteiger partial charge in [-0.2, -0.15) is 0 Å². The fourth-order valence-corrected chi connectivity index (χ4v) is 5.25. The van der Waals surface area contributed by atoms with Crippen LogP contribution in [0.25, 0.3) is 0 Å². The molecular weight excluding hydrogens is 446 g/mol. The third-order valence-electron chi connectivity index (χ3n) is 6.87. The average Bonchev–Trinajstić information content (AvgIpc) is 3.41. The maximum Gasteiger partial charge on any atom is 0.275 e. The van der Waals surface area contributed by atoms with Crippen molar-refractivity contribution in [2.75, 3.05) is 31.7 Å². The number of ether oxygens (including phenoxy) is 1. The third kappa shape index (κ3) is 4.47. The number of aromatic amines is 1. The number of carbonyl (C=O) groups is 3. The monoisotopic (exact) mass is 473 g/mol. The maximum atomic E-state index is 13.4. The van der Waals surface area contributed by atoms with E-state index in [1.807, 2.05) is 23.1 Å². The molecule has 3 N–H and O–H groups in total. The van der Waals surface area contributed by atoms with Crippen molar-refractivity contribution in [2.45, 2.75) is 38.1 Å². The Balaban J connectivity index is 1.48. The molecule has 0 atom stereocenters. The zero-order valence-electron chi connectivity index (χ0n) is 18.6. The van der Waals surface area contributed by atoms with Gasteiger partial charge < -0.3 is 25.3 Å². The van der Waals surface area contributed by atoms with Crippen molar-refractivity contribution < 1.29 is 19.1 Å². The molecule has 10 heteroatoms. The largest absolute Gasteiger partial charge is 0.383 e. The van der Waals surface area contributed by atoms with Crippen LogP contribution in [0.2, 0.25) is 5.02 Å². The molecule has 0 bridgehead atoms. The van der Waals surface area contributed by atoms with Gasteiger partial charge in [0.05, 0.1) is 18.3 Å². The van der Waals surface area contributed by atoms with Crippen molar-refractivity contribution in [3.05, 3.63) is 47.0 Å². The Morgan fingerprint density at radius 2 is 2.09 bits per heavy atom. The van der Waals surface area contributed by atoms with E-state index in [0.29, 0.717) is 50.4 Å². The van der Waals surface area contributed by atoms with E-state index >= 15 is 0 Å². The summed E-state index contributed by atoms with van der Waals surface area (Å²) < 4.78 is 5.21. The van der Waals surface area contributed by atoms with Crippen LogP contribution in [0.15, 0.2) is 30.6 Å². The predicted octanol–water partition coefficient (Wildman–Crippen LogP) is 2.62. The SMILES string of the molecule is COCCN(C(=O)c1nc[nH]c1C(N)=O)[C@H]1CC[C@@]2(CCN(c3cccc(Cl)c3)C2=O)CC1. The van der Waals surface area contributed by atoms with Gasteiger partial charge in [-0.25, -0.2) is 4.98 Å². The van der Waals surface area contributed by atoms with Gasteiger partial charge in [0.2, 0.25) is 5.91 Å². The lowest BCUT2D eigenvalue weighted by molar-refractivity contribution is -0.127. The number of hydrogen-bond donors (Lipinski definition) is 2. The summed E-state index contributed by atoms with van der Waals surface area (Å²) in [5.41, 5.74) is 5.80. The quantitative estimate of drug-likeness (QED) is 0.640. The van der Waals surface area contributed by atoms with Crippen LogP contribution in [0.4, 0.5) is 5.69 Å². The summed E-state index contributed by atoms with van der Waals surface area (Å²) in [6.45, 7) is 1.37. The molecule has 1 aliphatic carbocycles. The molecule has 1 aliphatic heterocycles. The molecule has 0 unspecified atom stereocenters. The molecule has 176 valence electrons. The van der Waals surface area contributed by atoms with Crippen molar-refractivity contribution >= 4 is 35.0 Å². The summed E-state index contributed by atoms with van der Waals surface area (Å²) in [5, 5.41) is 0.603. The molecule has 9 nitrogen and oxygen atoms in total. The van der Waals surface area contributed by atoms with Gasteiger partial charge in [-0.3, -0.25) is 14.4 Å². The summed E-state index contributed by atoms with van der Waals surface area (Å²) in [6.07, 6.45) is 4.81. The van der Waals surface area contributed by atoms with Gasteiger partial charge in [0.1, 0.15) is 5.69 Å². The van der Waals surface area contributed by atoms with Crippen LogP contribution in [0.3, 0.4) is 0 Å². The number of nitrogens with one attached hydrogen (secondary N) is 1. The van der Waals surface area contributed by atoms with E-state index in [9.17, 15) is 14.4 Å². The summed E-state index contributed by atoms with van der Waals surface area (Å²) in [7, 11) is 1.57. The number of amides is 3. The highest BCUT2D eigenvalue weighted by atomic mass is 35.5. The highest BCUT2D eigenvalue weighted by Crippen LogP contribution is 2.47. The number of benzene rings is 1. The van der Waals surface area contributed by atoms with Gasteiger partial charge in [0, 0.05) is 37.0 Å². The van der Waals surface area contributed by atoms with Crippen LogP contribution in [0.5, 0.6) is 0 Å². The molecule has 1 aromatic heterocycles. The minimum atomic E-state index is -0.734. The second kappa shape index (κ2) is 9.52. The van der Waals surface area contributed by atoms with E-state index in [1.54, 1.807) is 18.1 Å². The second-order valence-electron chi connectivity index (χ2n) is 8.68. The number of anilines is 1. The summed E-state index contributed by atoms with van der Waals surface area (Å²) in [5.74, 6) is -0.967. The Bertz CT molecular complexity index is 1050. The predicted molar refractivity (Wildman–Crippen MR) is 123 cm³/mol. The van der Waals surface area contributed by atoms with Gasteiger partial charge in [-0.15, -0.1) is 0 Å². The Kier molecular flexibility index (Phi) is 6.71. The van der Waals surface area contributed by atoms with Gasteiger partial charge >= 0.3 is 0 Å². The number of nitrogens with zero attached hydrogens (tertiary/aromatic N) is 3. The highest BCUT2D eigenvalue weighted by molar-refractivity contribution is 6.31. The third-order valence-corrected chi connectivity index (χ3v) is 7.11. The van der Waals surface area contributed by atoms with Gasteiger partial charge in [0.25, 0.3) is 11.8 Å². The Morgan fingerprint density at radius 3 is 2.76 bits per heavy atom. The van der Waals surface area contributed by atoms with Gasteiger partial charge in [-0.1, -0.05) is 17.7 Å². The number of halogens is 1. The van der Waals surface area contributed by atoms with E-state index in [-0.39, 0.29) is 29.2 Å². The van der Waals surface area contributed by atoms with Crippen molar-refractivity contribution in [3.63, 3.8) is 0 Å². The fourth-order valence-electron chi connectivity index (χ4n) is 5.06. The van der Waals surface area contributed by atoms with Crippen LogP contribution < -0.4 is 10.6 Å². The van der Waals surface area contributed by atoms with E-state index < -0.39 is 11.3 Å². The Morgan fingerprint density at radius 1 is 1.33 bits per heavy atom. The molecule has 33 heavy (non-hydrogen) atoms. The van der Waals surface area contributed by atoms with Crippen molar-refractivity contribution in [3.8, 4) is 0 Å². The molecule has 4 rings (SSSR count). The molecule has 2 heterocycles. The molecular formula is C23H28ClN5O4. The van der Waals surface area contributed by atoms with Crippen LogP contribution >= 0.6 is 11.6 Å². The highest BCUT2D eigenvalue weighted by Gasteiger charge is 2.49. The van der Waals surface area contributed by atoms with Crippen molar-refractivity contribution in [1.29, 1.82) is 0 Å². The number of primary amides is 1. The van der Waals surface area contributed by atoms with E-state index in [4.69, 9.17) is 22.1 Å². The second-order valence-corrected chi connectivity index (χ2v) is 9.12. The number of hydrogen-bond acceptors (Lipinski definition) is 5. The van der Waals surface area contributed by atoms with E-state index in [2.05, 4.69) is 9.97 Å². The molecule has 1 aromatic carbocycles. The smallest absolute Gasteiger partial charge is 0.275 e. The number of rotatable bonds is 7. The van der Waals surface area contributed by atoms with Crippen LogP contribution in [-0.2, 0) is 9.53 Å². The first kappa shape index (κ1) is 23.3. The summed E-state index contributed by atoms with van der Waals surface area (Å²) in [6, 6.07) is 7.28. The first-order chi connectivity index (χ1) is 15.9. The van der Waals surface area contributed by atoms with Crippen LogP contribution in [0, 0.1) is 5.41 Å². The number of H-pyrrole nitrogens is 1. The maximum absolute atomic E-state index is 13.4. The molecule has 3 amide bonds. The van der Waals surface area contributed by atoms with E-state index in [1.165, 1.54) is 6.33 Å². The lowest BCUT2D eigenvalue weighted by atomic mass is 9.71. The topological polar surface area (TPSA) is 122 Å². The minimum absolute atomic E-state index is 0.00201. The number of aromatic nitrogens is 2. The first-order valence-electron chi connectivity index (χ1n) is 11.1. The fraction of sp³-hybridized carbons (Fsp3) is 0.478. The Labute approximate surface area is 197 Å². The van der Waals surface area contributed by atoms with Crippen molar-refractivity contribution in [2.24, 2.45) is 11.1 Å². The van der Waals surface area contributed by atoms with Crippen LogP contribution in [-0.4, -0.2) is 65.4 Å². The number of nitrogens with two attached hydrogens (primary N) is 1. The molecule has 2 fully saturated rings. The number of methoxy groups -OCH3 is 1. The summed E-state index contributed by atoms with van der Waals surface area (Å²) >= 11 is 6.12. The molecule has 2 aromatic rings. The molecule has 1 saturated heterocycles. The average molecular weight is 474 g/mol. The number of carbonyl (C=O) groups excluding carboxylic acids is 3. The minimum Gasteiger partial charge on any atom is -0.383 e. The molecule has 1 spiro atoms.